The smallest absolute Gasteiger partial charge is 0.255 e. The van der Waals surface area contributed by atoms with E-state index in [1.165, 1.54) is 0 Å². The minimum Gasteiger partial charge on any atom is -0.497 e. The summed E-state index contributed by atoms with van der Waals surface area (Å²) >= 11 is 0. The number of ether oxygens (including phenoxy) is 1. The minimum atomic E-state index is -0.201. The third-order valence-corrected chi connectivity index (χ3v) is 4.04. The second-order valence-electron chi connectivity index (χ2n) is 6.12. The van der Waals surface area contributed by atoms with Gasteiger partial charge in [0.15, 0.2) is 0 Å². The van der Waals surface area contributed by atoms with Gasteiger partial charge in [-0.1, -0.05) is 26.2 Å². The summed E-state index contributed by atoms with van der Waals surface area (Å²) in [6, 6.07) is 14.0. The zero-order valence-electron chi connectivity index (χ0n) is 15.4. The molecular formula is C21H26N2O3. The Morgan fingerprint density at radius 3 is 2.08 bits per heavy atom. The lowest BCUT2D eigenvalue weighted by Gasteiger charge is -2.08. The molecule has 0 aromatic heterocycles. The molecular weight excluding hydrogens is 328 g/mol. The highest BCUT2D eigenvalue weighted by Gasteiger charge is 2.07. The van der Waals surface area contributed by atoms with E-state index in [2.05, 4.69) is 17.6 Å². The van der Waals surface area contributed by atoms with Crippen LogP contribution in [0, 0.1) is 0 Å². The van der Waals surface area contributed by atoms with E-state index in [9.17, 15) is 9.59 Å². The van der Waals surface area contributed by atoms with E-state index in [1.54, 1.807) is 55.6 Å². The average molecular weight is 354 g/mol. The van der Waals surface area contributed by atoms with E-state index in [0.717, 1.165) is 31.4 Å². The molecule has 0 aliphatic rings. The maximum absolute atomic E-state index is 12.3. The summed E-state index contributed by atoms with van der Waals surface area (Å²) in [5, 5.41) is 5.69. The van der Waals surface area contributed by atoms with Gasteiger partial charge in [0, 0.05) is 23.4 Å². The van der Waals surface area contributed by atoms with Crippen LogP contribution in [-0.4, -0.2) is 18.9 Å². The van der Waals surface area contributed by atoms with Crippen molar-refractivity contribution in [2.45, 2.75) is 39.0 Å². The molecule has 2 aromatic rings. The minimum absolute atomic E-state index is 0.0107. The van der Waals surface area contributed by atoms with Crippen LogP contribution in [0.15, 0.2) is 48.5 Å². The number of hydrogen-bond acceptors (Lipinski definition) is 3. The molecule has 2 aromatic carbocycles. The van der Waals surface area contributed by atoms with Crippen LogP contribution in [0.5, 0.6) is 5.75 Å². The molecule has 26 heavy (non-hydrogen) atoms. The molecule has 0 heterocycles. The van der Waals surface area contributed by atoms with E-state index in [4.69, 9.17) is 4.74 Å². The van der Waals surface area contributed by atoms with Gasteiger partial charge in [-0.2, -0.15) is 0 Å². The highest BCUT2D eigenvalue weighted by Crippen LogP contribution is 2.17. The summed E-state index contributed by atoms with van der Waals surface area (Å²) in [6.45, 7) is 2.15. The van der Waals surface area contributed by atoms with Gasteiger partial charge < -0.3 is 15.4 Å². The lowest BCUT2D eigenvalue weighted by molar-refractivity contribution is -0.116. The van der Waals surface area contributed by atoms with Crippen molar-refractivity contribution in [3.63, 3.8) is 0 Å². The molecule has 5 heteroatoms. The van der Waals surface area contributed by atoms with Gasteiger partial charge in [-0.15, -0.1) is 0 Å². The summed E-state index contributed by atoms with van der Waals surface area (Å²) in [5.41, 5.74) is 1.92. The van der Waals surface area contributed by atoms with Gasteiger partial charge in [0.2, 0.25) is 5.91 Å². The van der Waals surface area contributed by atoms with Crippen molar-refractivity contribution < 1.29 is 14.3 Å². The summed E-state index contributed by atoms with van der Waals surface area (Å²) in [7, 11) is 1.60. The van der Waals surface area contributed by atoms with Crippen molar-refractivity contribution in [2.24, 2.45) is 0 Å². The Morgan fingerprint density at radius 1 is 0.846 bits per heavy atom. The molecule has 0 atom stereocenters. The van der Waals surface area contributed by atoms with Gasteiger partial charge in [-0.3, -0.25) is 9.59 Å². The quantitative estimate of drug-likeness (QED) is 0.632. The van der Waals surface area contributed by atoms with Crippen molar-refractivity contribution >= 4 is 23.2 Å². The van der Waals surface area contributed by atoms with Crippen LogP contribution in [0.25, 0.3) is 0 Å². The molecule has 0 saturated heterocycles. The van der Waals surface area contributed by atoms with Gasteiger partial charge in [0.1, 0.15) is 5.75 Å². The highest BCUT2D eigenvalue weighted by atomic mass is 16.5. The number of rotatable bonds is 9. The van der Waals surface area contributed by atoms with Crippen molar-refractivity contribution in [2.75, 3.05) is 17.7 Å². The maximum Gasteiger partial charge on any atom is 0.255 e. The van der Waals surface area contributed by atoms with Crippen LogP contribution in [0.1, 0.15) is 49.4 Å². The van der Waals surface area contributed by atoms with Gasteiger partial charge in [0.25, 0.3) is 5.91 Å². The fraction of sp³-hybridized carbons (Fsp3) is 0.333. The van der Waals surface area contributed by atoms with Gasteiger partial charge in [-0.25, -0.2) is 0 Å². The Balaban J connectivity index is 1.85. The van der Waals surface area contributed by atoms with E-state index in [-0.39, 0.29) is 11.8 Å². The first-order valence-corrected chi connectivity index (χ1v) is 8.97. The molecule has 0 fully saturated rings. The fourth-order valence-corrected chi connectivity index (χ4v) is 2.52. The van der Waals surface area contributed by atoms with Crippen molar-refractivity contribution in [3.05, 3.63) is 54.1 Å². The molecule has 138 valence electrons. The Morgan fingerprint density at radius 2 is 1.46 bits per heavy atom. The van der Waals surface area contributed by atoms with Crippen LogP contribution < -0.4 is 15.4 Å². The van der Waals surface area contributed by atoms with Crippen molar-refractivity contribution in [1.29, 1.82) is 0 Å². The zero-order chi connectivity index (χ0) is 18.8. The molecule has 5 nitrogen and oxygen atoms in total. The molecule has 2 N–H and O–H groups in total. The lowest BCUT2D eigenvalue weighted by Crippen LogP contribution is -2.13. The number of amides is 2. The van der Waals surface area contributed by atoms with E-state index < -0.39 is 0 Å². The Labute approximate surface area is 154 Å². The van der Waals surface area contributed by atoms with Crippen molar-refractivity contribution in [3.8, 4) is 5.75 Å². The second kappa shape index (κ2) is 10.2. The number of benzene rings is 2. The highest BCUT2D eigenvalue weighted by molar-refractivity contribution is 6.04. The first-order chi connectivity index (χ1) is 12.6. The molecule has 0 radical (unpaired) electrons. The van der Waals surface area contributed by atoms with Gasteiger partial charge in [-0.05, 0) is 55.0 Å². The summed E-state index contributed by atoms with van der Waals surface area (Å²) in [5.74, 6) is 0.543. The van der Waals surface area contributed by atoms with Crippen molar-refractivity contribution in [1.82, 2.24) is 0 Å². The first kappa shape index (κ1) is 19.5. The topological polar surface area (TPSA) is 67.4 Å². The monoisotopic (exact) mass is 354 g/mol. The number of unbranched alkanes of at least 4 members (excludes halogenated alkanes) is 3. The fourth-order valence-electron chi connectivity index (χ4n) is 2.52. The van der Waals surface area contributed by atoms with Crippen LogP contribution in [0.4, 0.5) is 11.4 Å². The summed E-state index contributed by atoms with van der Waals surface area (Å²) in [6.07, 6.45) is 4.82. The predicted molar refractivity (Wildman–Crippen MR) is 105 cm³/mol. The van der Waals surface area contributed by atoms with Gasteiger partial charge >= 0.3 is 0 Å². The number of hydrogen-bond donors (Lipinski definition) is 2. The van der Waals surface area contributed by atoms with Crippen LogP contribution in [0.2, 0.25) is 0 Å². The second-order valence-corrected chi connectivity index (χ2v) is 6.12. The summed E-state index contributed by atoms with van der Waals surface area (Å²) < 4.78 is 5.09. The number of carbonyl (C=O) groups excluding carboxylic acids is 2. The van der Waals surface area contributed by atoms with E-state index in [1.807, 2.05) is 0 Å². The zero-order valence-corrected chi connectivity index (χ0v) is 15.4. The average Bonchev–Trinajstić information content (AvgIpc) is 2.66. The van der Waals surface area contributed by atoms with E-state index >= 15 is 0 Å². The largest absolute Gasteiger partial charge is 0.497 e. The third-order valence-electron chi connectivity index (χ3n) is 4.04. The molecule has 2 rings (SSSR count). The third kappa shape index (κ3) is 6.24. The lowest BCUT2D eigenvalue weighted by atomic mass is 10.1. The molecule has 0 spiro atoms. The number of anilines is 2. The first-order valence-electron chi connectivity index (χ1n) is 8.97. The Hall–Kier alpha value is -2.82. The normalized spacial score (nSPS) is 10.2. The molecule has 0 unspecified atom stereocenters. The number of methoxy groups -OCH3 is 1. The molecule has 0 saturated carbocycles. The van der Waals surface area contributed by atoms with Gasteiger partial charge in [0.05, 0.1) is 7.11 Å². The summed E-state index contributed by atoms with van der Waals surface area (Å²) in [4.78, 5) is 24.2. The molecule has 0 aliphatic carbocycles. The van der Waals surface area contributed by atoms with Crippen LogP contribution >= 0.6 is 0 Å². The molecule has 0 aliphatic heterocycles. The molecule has 2 amide bonds. The Bertz CT molecular complexity index is 709. The maximum atomic E-state index is 12.3. The van der Waals surface area contributed by atoms with Crippen LogP contribution in [0.3, 0.4) is 0 Å². The SMILES string of the molecule is CCCCCCC(=O)Nc1ccc(C(=O)Nc2ccc(OC)cc2)cc1. The molecule has 0 bridgehead atoms. The van der Waals surface area contributed by atoms with E-state index in [0.29, 0.717) is 23.4 Å². The number of nitrogens with one attached hydrogen (secondary N) is 2. The number of carbonyl (C=O) groups is 2. The Kier molecular flexibility index (Phi) is 7.68. The predicted octanol–water partition coefficient (Wildman–Crippen LogP) is 4.86. The standard InChI is InChI=1S/C21H26N2O3/c1-3-4-5-6-7-20(24)22-17-10-8-16(9-11-17)21(25)23-18-12-14-19(26-2)15-13-18/h8-15H,3-7H2,1-2H3,(H,22,24)(H,23,25). The van der Waals surface area contributed by atoms with Crippen LogP contribution in [-0.2, 0) is 4.79 Å².